The number of carbonyl (C=O) groups excluding carboxylic acids is 1. The van der Waals surface area contributed by atoms with Crippen LogP contribution in [0.4, 0.5) is 0 Å². The van der Waals surface area contributed by atoms with E-state index in [-0.39, 0.29) is 11.8 Å². The van der Waals surface area contributed by atoms with Crippen LogP contribution in [0, 0.1) is 17.8 Å². The van der Waals surface area contributed by atoms with Crippen molar-refractivity contribution in [1.29, 1.82) is 0 Å². The summed E-state index contributed by atoms with van der Waals surface area (Å²) in [7, 11) is 0. The van der Waals surface area contributed by atoms with Crippen molar-refractivity contribution in [3.8, 4) is 0 Å². The highest BCUT2D eigenvalue weighted by Gasteiger charge is 2.42. The molecule has 3 atom stereocenters. The van der Waals surface area contributed by atoms with Gasteiger partial charge in [-0.1, -0.05) is 12.5 Å². The Morgan fingerprint density at radius 2 is 2.35 bits per heavy atom. The molecule has 0 unspecified atom stereocenters. The molecule has 0 aliphatic heterocycles. The second kappa shape index (κ2) is 4.47. The van der Waals surface area contributed by atoms with Crippen LogP contribution in [0.3, 0.4) is 0 Å². The number of hydrogen-bond acceptors (Lipinski definition) is 2. The van der Waals surface area contributed by atoms with Gasteiger partial charge in [0.25, 0.3) is 0 Å². The maximum atomic E-state index is 12.1. The van der Waals surface area contributed by atoms with E-state index in [1.807, 2.05) is 12.1 Å². The number of rotatable bonds is 3. The predicted molar refractivity (Wildman–Crippen MR) is 65.0 cm³/mol. The van der Waals surface area contributed by atoms with Crippen LogP contribution in [0.25, 0.3) is 0 Å². The van der Waals surface area contributed by atoms with Gasteiger partial charge in [0.1, 0.15) is 0 Å². The van der Waals surface area contributed by atoms with Crippen LogP contribution in [0.15, 0.2) is 24.5 Å². The maximum absolute atomic E-state index is 12.1. The van der Waals surface area contributed by atoms with E-state index in [0.29, 0.717) is 12.5 Å². The first kappa shape index (κ1) is 10.8. The fourth-order valence-corrected chi connectivity index (χ4v) is 3.39. The third-order valence-electron chi connectivity index (χ3n) is 4.26. The Hall–Kier alpha value is -1.38. The van der Waals surface area contributed by atoms with Crippen molar-refractivity contribution in [2.24, 2.45) is 17.8 Å². The molecule has 3 heteroatoms. The van der Waals surface area contributed by atoms with Crippen LogP contribution in [0.1, 0.15) is 31.2 Å². The van der Waals surface area contributed by atoms with Gasteiger partial charge in [-0.15, -0.1) is 0 Å². The number of amides is 1. The fourth-order valence-electron chi connectivity index (χ4n) is 3.39. The number of nitrogens with one attached hydrogen (secondary N) is 1. The predicted octanol–water partition coefficient (Wildman–Crippen LogP) is 2.13. The second-order valence-corrected chi connectivity index (χ2v) is 5.36. The van der Waals surface area contributed by atoms with Crippen LogP contribution in [-0.4, -0.2) is 10.9 Å². The van der Waals surface area contributed by atoms with Gasteiger partial charge in [0.15, 0.2) is 0 Å². The summed E-state index contributed by atoms with van der Waals surface area (Å²) >= 11 is 0. The lowest BCUT2D eigenvalue weighted by molar-refractivity contribution is -0.126. The molecular formula is C14H18N2O. The first-order valence-electron chi connectivity index (χ1n) is 6.49. The van der Waals surface area contributed by atoms with Crippen molar-refractivity contribution in [3.63, 3.8) is 0 Å². The van der Waals surface area contributed by atoms with Gasteiger partial charge in [0.05, 0.1) is 0 Å². The number of aromatic nitrogens is 1. The summed E-state index contributed by atoms with van der Waals surface area (Å²) in [5.74, 6) is 2.02. The molecule has 2 aliphatic rings. The molecule has 3 rings (SSSR count). The third-order valence-corrected chi connectivity index (χ3v) is 4.26. The molecular weight excluding hydrogens is 212 g/mol. The van der Waals surface area contributed by atoms with Crippen LogP contribution < -0.4 is 5.32 Å². The highest BCUT2D eigenvalue weighted by molar-refractivity contribution is 5.79. The highest BCUT2D eigenvalue weighted by Crippen LogP contribution is 2.48. The van der Waals surface area contributed by atoms with Crippen molar-refractivity contribution >= 4 is 5.91 Å². The van der Waals surface area contributed by atoms with E-state index in [9.17, 15) is 4.79 Å². The molecule has 17 heavy (non-hydrogen) atoms. The molecule has 1 aromatic heterocycles. The molecule has 0 radical (unpaired) electrons. The first-order chi connectivity index (χ1) is 8.33. The molecule has 0 aromatic carbocycles. The molecule has 0 saturated heterocycles. The summed E-state index contributed by atoms with van der Waals surface area (Å²) in [5.41, 5.74) is 1.07. The Bertz CT molecular complexity index is 404. The molecule has 1 N–H and O–H groups in total. The zero-order valence-electron chi connectivity index (χ0n) is 9.93. The Morgan fingerprint density at radius 3 is 3.00 bits per heavy atom. The van der Waals surface area contributed by atoms with E-state index in [1.54, 1.807) is 12.4 Å². The second-order valence-electron chi connectivity index (χ2n) is 5.36. The molecule has 2 fully saturated rings. The largest absolute Gasteiger partial charge is 0.352 e. The Balaban J connectivity index is 1.54. The minimum absolute atomic E-state index is 0.251. The SMILES string of the molecule is O=C(NCc1cccnc1)[C@H]1C[C@@H]2CC[C@@H]1C2. The van der Waals surface area contributed by atoms with Gasteiger partial charge in [-0.25, -0.2) is 0 Å². The lowest BCUT2D eigenvalue weighted by atomic mass is 9.88. The Labute approximate surface area is 102 Å². The topological polar surface area (TPSA) is 42.0 Å². The standard InChI is InChI=1S/C14H18N2O/c17-14(13-7-10-3-4-12(13)6-10)16-9-11-2-1-5-15-8-11/h1-2,5,8,10,12-13H,3-4,6-7,9H2,(H,16,17)/t10-,12-,13+/m1/s1. The monoisotopic (exact) mass is 230 g/mol. The number of carbonyl (C=O) groups is 1. The van der Waals surface area contributed by atoms with Gasteiger partial charge in [-0.05, 0) is 42.7 Å². The van der Waals surface area contributed by atoms with E-state index in [2.05, 4.69) is 10.3 Å². The molecule has 1 heterocycles. The van der Waals surface area contributed by atoms with Crippen molar-refractivity contribution in [1.82, 2.24) is 10.3 Å². The van der Waals surface area contributed by atoms with E-state index in [4.69, 9.17) is 0 Å². The van der Waals surface area contributed by atoms with Crippen molar-refractivity contribution < 1.29 is 4.79 Å². The summed E-state index contributed by atoms with van der Waals surface area (Å²) in [4.78, 5) is 16.1. The molecule has 90 valence electrons. The number of fused-ring (bicyclic) bond motifs is 2. The van der Waals surface area contributed by atoms with E-state index in [1.165, 1.54) is 19.3 Å². The summed E-state index contributed by atoms with van der Waals surface area (Å²) in [6, 6.07) is 3.90. The van der Waals surface area contributed by atoms with Crippen LogP contribution >= 0.6 is 0 Å². The van der Waals surface area contributed by atoms with Gasteiger partial charge in [-0.3, -0.25) is 9.78 Å². The van der Waals surface area contributed by atoms with Crippen LogP contribution in [0.2, 0.25) is 0 Å². The van der Waals surface area contributed by atoms with Gasteiger partial charge in [0.2, 0.25) is 5.91 Å². The number of nitrogens with zero attached hydrogens (tertiary/aromatic N) is 1. The van der Waals surface area contributed by atoms with Crippen molar-refractivity contribution in [2.45, 2.75) is 32.2 Å². The number of pyridine rings is 1. The Kier molecular flexibility index (Phi) is 2.83. The highest BCUT2D eigenvalue weighted by atomic mass is 16.1. The maximum Gasteiger partial charge on any atom is 0.223 e. The fraction of sp³-hybridized carbons (Fsp3) is 0.571. The molecule has 2 saturated carbocycles. The Morgan fingerprint density at radius 1 is 1.41 bits per heavy atom. The minimum atomic E-state index is 0.251. The normalized spacial score (nSPS) is 30.5. The van der Waals surface area contributed by atoms with Crippen LogP contribution in [-0.2, 0) is 11.3 Å². The third kappa shape index (κ3) is 2.19. The summed E-state index contributed by atoms with van der Waals surface area (Å²) in [6.45, 7) is 0.612. The minimum Gasteiger partial charge on any atom is -0.352 e. The van der Waals surface area contributed by atoms with Crippen molar-refractivity contribution in [3.05, 3.63) is 30.1 Å². The summed E-state index contributed by atoms with van der Waals surface area (Å²) in [5, 5.41) is 3.05. The average Bonchev–Trinajstić information content (AvgIpc) is 2.99. The summed E-state index contributed by atoms with van der Waals surface area (Å²) < 4.78 is 0. The molecule has 0 spiro atoms. The summed E-state index contributed by atoms with van der Waals surface area (Å²) in [6.07, 6.45) is 8.56. The van der Waals surface area contributed by atoms with Gasteiger partial charge in [-0.2, -0.15) is 0 Å². The lowest BCUT2D eigenvalue weighted by Gasteiger charge is -2.20. The van der Waals surface area contributed by atoms with E-state index in [0.717, 1.165) is 17.9 Å². The molecule has 3 nitrogen and oxygen atoms in total. The lowest BCUT2D eigenvalue weighted by Crippen LogP contribution is -2.33. The quantitative estimate of drug-likeness (QED) is 0.864. The van der Waals surface area contributed by atoms with E-state index >= 15 is 0 Å². The van der Waals surface area contributed by atoms with Gasteiger partial charge < -0.3 is 5.32 Å². The zero-order chi connectivity index (χ0) is 11.7. The van der Waals surface area contributed by atoms with Crippen LogP contribution in [0.5, 0.6) is 0 Å². The molecule has 2 bridgehead atoms. The average molecular weight is 230 g/mol. The van der Waals surface area contributed by atoms with Crippen molar-refractivity contribution in [2.75, 3.05) is 0 Å². The first-order valence-corrected chi connectivity index (χ1v) is 6.49. The van der Waals surface area contributed by atoms with Gasteiger partial charge >= 0.3 is 0 Å². The number of hydrogen-bond donors (Lipinski definition) is 1. The van der Waals surface area contributed by atoms with Gasteiger partial charge in [0, 0.05) is 24.9 Å². The smallest absolute Gasteiger partial charge is 0.223 e. The molecule has 1 amide bonds. The molecule has 2 aliphatic carbocycles. The molecule has 1 aromatic rings. The zero-order valence-corrected chi connectivity index (χ0v) is 9.93. The van der Waals surface area contributed by atoms with E-state index < -0.39 is 0 Å².